The van der Waals surface area contributed by atoms with Crippen LogP contribution in [-0.2, 0) is 4.79 Å². The molecule has 1 saturated carbocycles. The van der Waals surface area contributed by atoms with E-state index in [0.717, 1.165) is 26.2 Å². The molecule has 1 atom stereocenters. The summed E-state index contributed by atoms with van der Waals surface area (Å²) < 4.78 is 40.4. The van der Waals surface area contributed by atoms with E-state index in [4.69, 9.17) is 0 Å². The van der Waals surface area contributed by atoms with Gasteiger partial charge in [0.15, 0.2) is 0 Å². The average Bonchev–Trinajstić information content (AvgIpc) is 3.16. The molecular weight excluding hydrogens is 359 g/mol. The molecule has 1 aromatic carbocycles. The molecule has 0 radical (unpaired) electrons. The summed E-state index contributed by atoms with van der Waals surface area (Å²) in [5.74, 6) is -0.467. The zero-order chi connectivity index (χ0) is 19.4. The summed E-state index contributed by atoms with van der Waals surface area (Å²) in [4.78, 5) is 17.2. The second kappa shape index (κ2) is 8.48. The molecule has 150 valence electrons. The van der Waals surface area contributed by atoms with Crippen LogP contribution in [0.3, 0.4) is 0 Å². The standard InChI is InChI=1S/C19H26F3N3O2/c1-14(24-10-12-25(13-11-24)16-4-2-3-5-16)18(26)23-15-6-8-17(9-7-15)27-19(20,21)22/h6-9,14,16H,2-5,10-13H2,1H3,(H,23,26). The fourth-order valence-corrected chi connectivity index (χ4v) is 3.91. The lowest BCUT2D eigenvalue weighted by Crippen LogP contribution is -2.54. The Hall–Kier alpha value is -1.80. The number of alkyl halides is 3. The van der Waals surface area contributed by atoms with E-state index in [9.17, 15) is 18.0 Å². The number of halogens is 3. The second-order valence-electron chi connectivity index (χ2n) is 7.25. The van der Waals surface area contributed by atoms with Crippen LogP contribution < -0.4 is 10.1 Å². The van der Waals surface area contributed by atoms with E-state index in [0.29, 0.717) is 11.7 Å². The number of piperazine rings is 1. The maximum atomic E-state index is 12.5. The molecule has 0 bridgehead atoms. The van der Waals surface area contributed by atoms with Gasteiger partial charge >= 0.3 is 6.36 Å². The lowest BCUT2D eigenvalue weighted by Gasteiger charge is -2.40. The van der Waals surface area contributed by atoms with E-state index >= 15 is 0 Å². The highest BCUT2D eigenvalue weighted by Gasteiger charge is 2.31. The molecule has 0 aromatic heterocycles. The first-order chi connectivity index (χ1) is 12.8. The Balaban J connectivity index is 1.47. The zero-order valence-electron chi connectivity index (χ0n) is 15.5. The van der Waals surface area contributed by atoms with Crippen LogP contribution >= 0.6 is 0 Å². The van der Waals surface area contributed by atoms with Gasteiger partial charge in [0.05, 0.1) is 6.04 Å². The van der Waals surface area contributed by atoms with Crippen LogP contribution in [0.4, 0.5) is 18.9 Å². The van der Waals surface area contributed by atoms with Gasteiger partial charge in [-0.25, -0.2) is 0 Å². The van der Waals surface area contributed by atoms with E-state index in [2.05, 4.69) is 19.9 Å². The average molecular weight is 385 g/mol. The summed E-state index contributed by atoms with van der Waals surface area (Å²) in [6, 6.07) is 5.60. The van der Waals surface area contributed by atoms with Crippen LogP contribution in [-0.4, -0.2) is 60.3 Å². The van der Waals surface area contributed by atoms with Gasteiger partial charge in [-0.3, -0.25) is 14.6 Å². The summed E-state index contributed by atoms with van der Waals surface area (Å²) in [6.45, 7) is 5.52. The van der Waals surface area contributed by atoms with Crippen LogP contribution in [0.25, 0.3) is 0 Å². The number of amides is 1. The Morgan fingerprint density at radius 2 is 1.70 bits per heavy atom. The Morgan fingerprint density at radius 1 is 1.11 bits per heavy atom. The van der Waals surface area contributed by atoms with Crippen molar-refractivity contribution in [2.75, 3.05) is 31.5 Å². The van der Waals surface area contributed by atoms with Crippen molar-refractivity contribution in [3.63, 3.8) is 0 Å². The van der Waals surface area contributed by atoms with E-state index in [1.807, 2.05) is 6.92 Å². The maximum absolute atomic E-state index is 12.5. The van der Waals surface area contributed by atoms with Crippen molar-refractivity contribution >= 4 is 11.6 Å². The molecule has 1 aliphatic carbocycles. The smallest absolute Gasteiger partial charge is 0.406 e. The third kappa shape index (κ3) is 5.59. The van der Waals surface area contributed by atoms with Gasteiger partial charge in [-0.05, 0) is 44.0 Å². The number of carbonyl (C=O) groups is 1. The minimum atomic E-state index is -4.72. The molecule has 0 spiro atoms. The fourth-order valence-electron chi connectivity index (χ4n) is 3.91. The first-order valence-electron chi connectivity index (χ1n) is 9.46. The number of ether oxygens (including phenoxy) is 1. The van der Waals surface area contributed by atoms with E-state index in [1.165, 1.54) is 49.9 Å². The van der Waals surface area contributed by atoms with Gasteiger partial charge in [-0.15, -0.1) is 13.2 Å². The molecule has 1 aliphatic heterocycles. The Kier molecular flexibility index (Phi) is 6.26. The van der Waals surface area contributed by atoms with Crippen LogP contribution in [0.15, 0.2) is 24.3 Å². The number of hydrogen-bond acceptors (Lipinski definition) is 4. The Morgan fingerprint density at radius 3 is 2.26 bits per heavy atom. The quantitative estimate of drug-likeness (QED) is 0.843. The highest BCUT2D eigenvalue weighted by Crippen LogP contribution is 2.25. The number of carbonyl (C=O) groups excluding carboxylic acids is 1. The zero-order valence-corrected chi connectivity index (χ0v) is 15.5. The minimum Gasteiger partial charge on any atom is -0.406 e. The summed E-state index contributed by atoms with van der Waals surface area (Å²) in [6.07, 6.45) is 0.473. The monoisotopic (exact) mass is 385 g/mol. The van der Waals surface area contributed by atoms with Gasteiger partial charge in [0.1, 0.15) is 5.75 Å². The number of nitrogens with one attached hydrogen (secondary N) is 1. The predicted octanol–water partition coefficient (Wildman–Crippen LogP) is 3.47. The van der Waals surface area contributed by atoms with Crippen molar-refractivity contribution in [3.05, 3.63) is 24.3 Å². The van der Waals surface area contributed by atoms with Crippen molar-refractivity contribution in [1.82, 2.24) is 9.80 Å². The van der Waals surface area contributed by atoms with Gasteiger partial charge in [0.2, 0.25) is 5.91 Å². The van der Waals surface area contributed by atoms with E-state index < -0.39 is 6.36 Å². The van der Waals surface area contributed by atoms with Gasteiger partial charge in [0, 0.05) is 37.9 Å². The summed E-state index contributed by atoms with van der Waals surface area (Å²) in [5, 5.41) is 2.76. The normalized spacial score (nSPS) is 21.2. The molecule has 8 heteroatoms. The number of anilines is 1. The second-order valence-corrected chi connectivity index (χ2v) is 7.25. The van der Waals surface area contributed by atoms with Crippen molar-refractivity contribution in [3.8, 4) is 5.75 Å². The largest absolute Gasteiger partial charge is 0.573 e. The summed E-state index contributed by atoms with van der Waals surface area (Å²) in [7, 11) is 0. The SMILES string of the molecule is CC(C(=O)Nc1ccc(OC(F)(F)F)cc1)N1CCN(C2CCCC2)CC1. The number of hydrogen-bond donors (Lipinski definition) is 1. The van der Waals surface area contributed by atoms with Crippen molar-refractivity contribution in [2.45, 2.75) is 51.1 Å². The highest BCUT2D eigenvalue weighted by atomic mass is 19.4. The molecule has 1 heterocycles. The van der Waals surface area contributed by atoms with Crippen molar-refractivity contribution in [1.29, 1.82) is 0 Å². The fraction of sp³-hybridized carbons (Fsp3) is 0.632. The van der Waals surface area contributed by atoms with E-state index in [-0.39, 0.29) is 17.7 Å². The first kappa shape index (κ1) is 19.9. The van der Waals surface area contributed by atoms with Gasteiger partial charge in [-0.1, -0.05) is 12.8 Å². The van der Waals surface area contributed by atoms with Gasteiger partial charge < -0.3 is 10.1 Å². The Labute approximate surface area is 157 Å². The first-order valence-corrected chi connectivity index (χ1v) is 9.46. The predicted molar refractivity (Wildman–Crippen MR) is 96.6 cm³/mol. The summed E-state index contributed by atoms with van der Waals surface area (Å²) >= 11 is 0. The molecule has 1 N–H and O–H groups in total. The van der Waals surface area contributed by atoms with Crippen molar-refractivity contribution < 1.29 is 22.7 Å². The van der Waals surface area contributed by atoms with Crippen LogP contribution in [0.1, 0.15) is 32.6 Å². The number of nitrogens with zero attached hydrogens (tertiary/aromatic N) is 2. The lowest BCUT2D eigenvalue weighted by atomic mass is 10.1. The molecule has 2 aliphatic rings. The van der Waals surface area contributed by atoms with Crippen molar-refractivity contribution in [2.24, 2.45) is 0 Å². The highest BCUT2D eigenvalue weighted by molar-refractivity contribution is 5.94. The molecule has 27 heavy (non-hydrogen) atoms. The van der Waals surface area contributed by atoms with Crippen LogP contribution in [0.5, 0.6) is 5.75 Å². The molecular formula is C19H26F3N3O2. The molecule has 1 amide bonds. The lowest BCUT2D eigenvalue weighted by molar-refractivity contribution is -0.274. The maximum Gasteiger partial charge on any atom is 0.573 e. The third-order valence-electron chi connectivity index (χ3n) is 5.47. The molecule has 3 rings (SSSR count). The van der Waals surface area contributed by atoms with Gasteiger partial charge in [-0.2, -0.15) is 0 Å². The van der Waals surface area contributed by atoms with Crippen LogP contribution in [0.2, 0.25) is 0 Å². The minimum absolute atomic E-state index is 0.159. The number of benzene rings is 1. The molecule has 1 saturated heterocycles. The molecule has 1 unspecified atom stereocenters. The van der Waals surface area contributed by atoms with Gasteiger partial charge in [0.25, 0.3) is 0 Å². The third-order valence-corrected chi connectivity index (χ3v) is 5.47. The molecule has 1 aromatic rings. The Bertz CT molecular complexity index is 622. The topological polar surface area (TPSA) is 44.8 Å². The summed E-state index contributed by atoms with van der Waals surface area (Å²) in [5.41, 5.74) is 0.450. The van der Waals surface area contributed by atoms with Crippen LogP contribution in [0, 0.1) is 0 Å². The number of rotatable bonds is 5. The van der Waals surface area contributed by atoms with E-state index in [1.54, 1.807) is 0 Å². The molecule has 5 nitrogen and oxygen atoms in total. The molecule has 2 fully saturated rings.